The van der Waals surface area contributed by atoms with Gasteiger partial charge in [0.1, 0.15) is 12.1 Å². The second-order valence-electron chi connectivity index (χ2n) is 8.99. The van der Waals surface area contributed by atoms with Gasteiger partial charge in [-0.25, -0.2) is 4.79 Å². The molecule has 0 aromatic heterocycles. The van der Waals surface area contributed by atoms with E-state index >= 15 is 0 Å². The summed E-state index contributed by atoms with van der Waals surface area (Å²) in [4.78, 5) is 39.1. The fraction of sp³-hybridized carbons (Fsp3) is 0.591. The summed E-state index contributed by atoms with van der Waals surface area (Å²) in [6.45, 7) is 5.69. The van der Waals surface area contributed by atoms with Crippen molar-refractivity contribution < 1.29 is 14.4 Å². The van der Waals surface area contributed by atoms with E-state index in [4.69, 9.17) is 0 Å². The predicted molar refractivity (Wildman–Crippen MR) is 106 cm³/mol. The zero-order chi connectivity index (χ0) is 20.1. The molecular formula is C22H29N3O3. The Labute approximate surface area is 166 Å². The molecule has 1 atom stereocenters. The van der Waals surface area contributed by atoms with Crippen LogP contribution >= 0.6 is 0 Å². The Morgan fingerprint density at radius 2 is 1.71 bits per heavy atom. The number of benzene rings is 1. The van der Waals surface area contributed by atoms with Crippen molar-refractivity contribution in [1.82, 2.24) is 15.5 Å². The van der Waals surface area contributed by atoms with E-state index in [0.717, 1.165) is 36.1 Å². The number of nitrogens with zero attached hydrogens (tertiary/aromatic N) is 1. The second-order valence-corrected chi connectivity index (χ2v) is 8.99. The van der Waals surface area contributed by atoms with Crippen LogP contribution in [0.4, 0.5) is 4.79 Å². The molecule has 4 rings (SSSR count). The Morgan fingerprint density at radius 3 is 2.21 bits per heavy atom. The van der Waals surface area contributed by atoms with Crippen LogP contribution in [-0.2, 0) is 15.1 Å². The van der Waals surface area contributed by atoms with Crippen LogP contribution < -0.4 is 10.6 Å². The molecule has 6 heteroatoms. The van der Waals surface area contributed by atoms with Crippen molar-refractivity contribution in [2.45, 2.75) is 64.0 Å². The van der Waals surface area contributed by atoms with Gasteiger partial charge in [0, 0.05) is 6.04 Å². The molecule has 28 heavy (non-hydrogen) atoms. The number of nitrogens with one attached hydrogen (secondary N) is 2. The summed E-state index contributed by atoms with van der Waals surface area (Å²) in [5, 5.41) is 5.86. The minimum atomic E-state index is -1.14. The lowest BCUT2D eigenvalue weighted by Crippen LogP contribution is -2.46. The van der Waals surface area contributed by atoms with Gasteiger partial charge >= 0.3 is 6.03 Å². The maximum Gasteiger partial charge on any atom is 0.325 e. The van der Waals surface area contributed by atoms with Crippen molar-refractivity contribution in [2.75, 3.05) is 6.54 Å². The molecule has 6 nitrogen and oxygen atoms in total. The molecule has 3 aliphatic rings. The zero-order valence-corrected chi connectivity index (χ0v) is 16.8. The molecule has 1 saturated heterocycles. The van der Waals surface area contributed by atoms with Crippen molar-refractivity contribution in [2.24, 2.45) is 11.8 Å². The van der Waals surface area contributed by atoms with Crippen LogP contribution in [0.15, 0.2) is 24.3 Å². The molecule has 4 amide bonds. The van der Waals surface area contributed by atoms with E-state index in [9.17, 15) is 14.4 Å². The standard InChI is InChI=1S/C22H29N3O3/c1-13(2)14-8-10-17(11-9-14)22(3)20(27)25(21(28)24-22)12-18(26)23-19(15-4-5-15)16-6-7-16/h8-11,13,15-16,19H,4-7,12H2,1-3H3,(H,23,26)(H,24,28). The highest BCUT2D eigenvalue weighted by atomic mass is 16.2. The third kappa shape index (κ3) is 3.52. The van der Waals surface area contributed by atoms with E-state index in [1.807, 2.05) is 24.3 Å². The molecule has 2 saturated carbocycles. The number of imide groups is 1. The van der Waals surface area contributed by atoms with E-state index in [2.05, 4.69) is 24.5 Å². The van der Waals surface area contributed by atoms with Gasteiger partial charge in [0.2, 0.25) is 5.91 Å². The Hall–Kier alpha value is -2.37. The minimum absolute atomic E-state index is 0.211. The first kappa shape index (κ1) is 19.0. The van der Waals surface area contributed by atoms with Gasteiger partial charge in [-0.15, -0.1) is 0 Å². The van der Waals surface area contributed by atoms with Crippen LogP contribution in [-0.4, -0.2) is 35.3 Å². The third-order valence-electron chi connectivity index (χ3n) is 6.32. The molecular weight excluding hydrogens is 354 g/mol. The van der Waals surface area contributed by atoms with Gasteiger partial charge in [0.05, 0.1) is 0 Å². The molecule has 150 valence electrons. The Kier molecular flexibility index (Phi) is 4.68. The largest absolute Gasteiger partial charge is 0.351 e. The van der Waals surface area contributed by atoms with Crippen molar-refractivity contribution >= 4 is 17.8 Å². The van der Waals surface area contributed by atoms with Gasteiger partial charge in [-0.05, 0) is 61.5 Å². The second kappa shape index (κ2) is 6.90. The van der Waals surface area contributed by atoms with Gasteiger partial charge in [-0.1, -0.05) is 38.1 Å². The highest BCUT2D eigenvalue weighted by molar-refractivity contribution is 6.09. The summed E-state index contributed by atoms with van der Waals surface area (Å²) in [5.41, 5.74) is 0.762. The molecule has 0 bridgehead atoms. The number of rotatable bonds is 7. The fourth-order valence-electron chi connectivity index (χ4n) is 4.14. The monoisotopic (exact) mass is 383 g/mol. The van der Waals surface area contributed by atoms with Crippen molar-refractivity contribution in [3.63, 3.8) is 0 Å². The summed E-state index contributed by atoms with van der Waals surface area (Å²) >= 11 is 0. The normalized spacial score (nSPS) is 24.8. The van der Waals surface area contributed by atoms with Crippen molar-refractivity contribution in [3.8, 4) is 0 Å². The topological polar surface area (TPSA) is 78.5 Å². The number of hydrogen-bond donors (Lipinski definition) is 2. The zero-order valence-electron chi connectivity index (χ0n) is 16.8. The highest BCUT2D eigenvalue weighted by Gasteiger charge is 2.50. The highest BCUT2D eigenvalue weighted by Crippen LogP contribution is 2.44. The Balaban J connectivity index is 1.44. The van der Waals surface area contributed by atoms with Gasteiger partial charge in [-0.2, -0.15) is 0 Å². The van der Waals surface area contributed by atoms with Crippen LogP contribution in [0.25, 0.3) is 0 Å². The lowest BCUT2D eigenvalue weighted by Gasteiger charge is -2.23. The van der Waals surface area contributed by atoms with Crippen LogP contribution in [0.3, 0.4) is 0 Å². The number of amides is 4. The summed E-state index contributed by atoms with van der Waals surface area (Å²) in [5.74, 6) is 0.918. The number of carbonyl (C=O) groups excluding carboxylic acids is 3. The van der Waals surface area contributed by atoms with Crippen LogP contribution in [0.5, 0.6) is 0 Å². The summed E-state index contributed by atoms with van der Waals surface area (Å²) in [6.07, 6.45) is 4.65. The van der Waals surface area contributed by atoms with Crippen LogP contribution in [0.1, 0.15) is 63.5 Å². The summed E-state index contributed by atoms with van der Waals surface area (Å²) in [7, 11) is 0. The predicted octanol–water partition coefficient (Wildman–Crippen LogP) is 2.88. The van der Waals surface area contributed by atoms with Crippen molar-refractivity contribution in [1.29, 1.82) is 0 Å². The first-order valence-corrected chi connectivity index (χ1v) is 10.3. The number of carbonyl (C=O) groups is 3. The molecule has 1 aromatic carbocycles. The number of urea groups is 1. The van der Waals surface area contributed by atoms with Gasteiger partial charge in [0.15, 0.2) is 0 Å². The van der Waals surface area contributed by atoms with Gasteiger partial charge in [-0.3, -0.25) is 14.5 Å². The van der Waals surface area contributed by atoms with Gasteiger partial charge < -0.3 is 10.6 Å². The average molecular weight is 383 g/mol. The van der Waals surface area contributed by atoms with E-state index in [1.54, 1.807) is 6.92 Å². The summed E-state index contributed by atoms with van der Waals surface area (Å²) in [6, 6.07) is 7.43. The van der Waals surface area contributed by atoms with Crippen LogP contribution in [0, 0.1) is 11.8 Å². The molecule has 0 radical (unpaired) electrons. The molecule has 1 aliphatic heterocycles. The molecule has 2 aliphatic carbocycles. The molecule has 0 spiro atoms. The van der Waals surface area contributed by atoms with E-state index in [-0.39, 0.29) is 24.4 Å². The smallest absolute Gasteiger partial charge is 0.325 e. The van der Waals surface area contributed by atoms with E-state index in [0.29, 0.717) is 17.8 Å². The molecule has 2 N–H and O–H groups in total. The maximum atomic E-state index is 13.0. The average Bonchev–Trinajstić information content (AvgIpc) is 3.55. The first-order valence-electron chi connectivity index (χ1n) is 10.3. The van der Waals surface area contributed by atoms with E-state index < -0.39 is 11.6 Å². The Bertz CT molecular complexity index is 784. The SMILES string of the molecule is CC(C)c1ccc(C2(C)NC(=O)N(CC(=O)NC(C3CC3)C3CC3)C2=O)cc1. The molecule has 1 heterocycles. The fourth-order valence-corrected chi connectivity index (χ4v) is 4.14. The lowest BCUT2D eigenvalue weighted by molar-refractivity contribution is -0.135. The molecule has 3 fully saturated rings. The lowest BCUT2D eigenvalue weighted by atomic mass is 9.90. The van der Waals surface area contributed by atoms with E-state index in [1.165, 1.54) is 5.56 Å². The van der Waals surface area contributed by atoms with Crippen LogP contribution in [0.2, 0.25) is 0 Å². The quantitative estimate of drug-likeness (QED) is 0.711. The molecule has 1 aromatic rings. The maximum absolute atomic E-state index is 13.0. The summed E-state index contributed by atoms with van der Waals surface area (Å²) < 4.78 is 0. The third-order valence-corrected chi connectivity index (χ3v) is 6.32. The van der Waals surface area contributed by atoms with Crippen molar-refractivity contribution in [3.05, 3.63) is 35.4 Å². The molecule has 1 unspecified atom stereocenters. The first-order chi connectivity index (χ1) is 13.3. The minimum Gasteiger partial charge on any atom is -0.351 e. The number of hydrogen-bond acceptors (Lipinski definition) is 3. The van der Waals surface area contributed by atoms with Gasteiger partial charge in [0.25, 0.3) is 5.91 Å². The Morgan fingerprint density at radius 1 is 1.14 bits per heavy atom.